The number of hydrogen-bond donors (Lipinski definition) is 0. The van der Waals surface area contributed by atoms with E-state index in [1.165, 1.54) is 41.2 Å². The molecule has 0 radical (unpaired) electrons. The highest BCUT2D eigenvalue weighted by atomic mass is 19.4. The third-order valence-electron chi connectivity index (χ3n) is 5.70. The first-order valence-corrected chi connectivity index (χ1v) is 11.7. The van der Waals surface area contributed by atoms with Gasteiger partial charge in [0.2, 0.25) is 0 Å². The second kappa shape index (κ2) is 10.2. The summed E-state index contributed by atoms with van der Waals surface area (Å²) in [5, 5.41) is 8.07. The maximum atomic E-state index is 14.1. The number of fused-ring (bicyclic) bond motifs is 1. The van der Waals surface area contributed by atoms with E-state index in [0.717, 1.165) is 12.1 Å². The Hall–Kier alpha value is -4.35. The highest BCUT2D eigenvalue weighted by Gasteiger charge is 2.35. The first-order chi connectivity index (χ1) is 18.2. The van der Waals surface area contributed by atoms with Gasteiger partial charge in [0.1, 0.15) is 28.6 Å². The lowest BCUT2D eigenvalue weighted by molar-refractivity contribution is -0.137. The predicted octanol–water partition coefficient (Wildman–Crippen LogP) is 6.43. The van der Waals surface area contributed by atoms with Gasteiger partial charge < -0.3 is 9.26 Å². The molecule has 0 saturated heterocycles. The summed E-state index contributed by atoms with van der Waals surface area (Å²) >= 11 is 0. The minimum Gasteiger partial charge on any atom is -0.494 e. The van der Waals surface area contributed by atoms with Gasteiger partial charge in [0, 0.05) is 24.6 Å². The van der Waals surface area contributed by atoms with Gasteiger partial charge in [0.05, 0.1) is 30.1 Å². The minimum absolute atomic E-state index is 0.0306. The van der Waals surface area contributed by atoms with Crippen molar-refractivity contribution in [2.24, 2.45) is 0 Å². The topological polar surface area (TPSA) is 78.9 Å². The number of hydrogen-bond acceptors (Lipinski definition) is 6. The van der Waals surface area contributed by atoms with Crippen LogP contribution in [-0.2, 0) is 19.1 Å². The molecule has 12 heteroatoms. The Morgan fingerprint density at radius 3 is 2.58 bits per heavy atom. The van der Waals surface area contributed by atoms with E-state index < -0.39 is 23.4 Å². The fraction of sp³-hybridized carbons (Fsp3) is 0.231. The molecule has 7 nitrogen and oxygen atoms in total. The molecule has 0 spiro atoms. The van der Waals surface area contributed by atoms with Crippen molar-refractivity contribution in [1.29, 1.82) is 0 Å². The minimum atomic E-state index is -4.61. The number of halogens is 5. The molecule has 3 heterocycles. The average molecular weight is 529 g/mol. The molecule has 0 unspecified atom stereocenters. The van der Waals surface area contributed by atoms with Crippen LogP contribution >= 0.6 is 0 Å². The third kappa shape index (κ3) is 5.20. The van der Waals surface area contributed by atoms with Crippen LogP contribution in [0.1, 0.15) is 24.7 Å². The van der Waals surface area contributed by atoms with E-state index in [1.807, 2.05) is 6.92 Å². The summed E-state index contributed by atoms with van der Waals surface area (Å²) in [6, 6.07) is 8.94. The highest BCUT2D eigenvalue weighted by Crippen LogP contribution is 2.39. The third-order valence-corrected chi connectivity index (χ3v) is 5.70. The fourth-order valence-electron chi connectivity index (χ4n) is 3.85. The van der Waals surface area contributed by atoms with Crippen molar-refractivity contribution in [2.45, 2.75) is 32.5 Å². The number of imidazole rings is 1. The second-order valence-corrected chi connectivity index (χ2v) is 8.44. The molecule has 0 saturated carbocycles. The standard InChI is InChI=1S/C26H20F5N5O2/c1-2-10-37-15-6-7-17(19(11-15)26(29,30)31)21-12-16(38-35-21)8-9-36-14-23-22(13-32-36)33-25(34-23)18-4-3-5-20(27)24(18)28/h3-7,11-14H,2,8-10H2,1H3. The average Bonchev–Trinajstić information content (AvgIpc) is 3.54. The summed E-state index contributed by atoms with van der Waals surface area (Å²) in [6.07, 6.45) is -0.651. The quantitative estimate of drug-likeness (QED) is 0.216. The molecule has 0 amide bonds. The van der Waals surface area contributed by atoms with Crippen LogP contribution in [-0.4, -0.2) is 31.5 Å². The summed E-state index contributed by atoms with van der Waals surface area (Å²) < 4.78 is 81.0. The number of aromatic nitrogens is 5. The highest BCUT2D eigenvalue weighted by molar-refractivity contribution is 5.66. The monoisotopic (exact) mass is 529 g/mol. The lowest BCUT2D eigenvalue weighted by Gasteiger charge is -2.13. The zero-order chi connectivity index (χ0) is 26.9. The molecule has 2 aliphatic rings. The zero-order valence-corrected chi connectivity index (χ0v) is 20.0. The lowest BCUT2D eigenvalue weighted by Crippen LogP contribution is -2.08. The van der Waals surface area contributed by atoms with Crippen molar-refractivity contribution in [2.75, 3.05) is 6.61 Å². The Bertz CT molecular complexity index is 1550. The molecule has 3 aromatic rings. The Labute approximate surface area is 213 Å². The van der Waals surface area contributed by atoms with Crippen LogP contribution in [0.2, 0.25) is 0 Å². The van der Waals surface area contributed by atoms with Gasteiger partial charge in [-0.15, -0.1) is 0 Å². The molecule has 2 aliphatic heterocycles. The summed E-state index contributed by atoms with van der Waals surface area (Å²) in [7, 11) is 0. The van der Waals surface area contributed by atoms with Crippen molar-refractivity contribution in [3.05, 3.63) is 77.8 Å². The van der Waals surface area contributed by atoms with Gasteiger partial charge in [-0.2, -0.15) is 18.3 Å². The summed E-state index contributed by atoms with van der Waals surface area (Å²) in [4.78, 5) is 8.48. The Balaban J connectivity index is 1.33. The number of nitrogens with zero attached hydrogens (tertiary/aromatic N) is 5. The van der Waals surface area contributed by atoms with E-state index >= 15 is 0 Å². The summed E-state index contributed by atoms with van der Waals surface area (Å²) in [5.41, 5.74) is -0.193. The molecular weight excluding hydrogens is 509 g/mol. The van der Waals surface area contributed by atoms with E-state index in [1.54, 1.807) is 6.20 Å². The van der Waals surface area contributed by atoms with Gasteiger partial charge >= 0.3 is 6.18 Å². The van der Waals surface area contributed by atoms with Crippen LogP contribution in [0.15, 0.2) is 59.4 Å². The molecule has 1 aromatic heterocycles. The van der Waals surface area contributed by atoms with Gasteiger partial charge in [-0.05, 0) is 36.8 Å². The maximum Gasteiger partial charge on any atom is 0.417 e. The molecule has 0 atom stereocenters. The van der Waals surface area contributed by atoms with Gasteiger partial charge in [0.25, 0.3) is 0 Å². The van der Waals surface area contributed by atoms with Gasteiger partial charge in [-0.1, -0.05) is 18.1 Å². The predicted molar refractivity (Wildman–Crippen MR) is 126 cm³/mol. The molecule has 38 heavy (non-hydrogen) atoms. The van der Waals surface area contributed by atoms with E-state index in [0.29, 0.717) is 30.2 Å². The van der Waals surface area contributed by atoms with Crippen LogP contribution in [0.5, 0.6) is 5.75 Å². The van der Waals surface area contributed by atoms with E-state index in [4.69, 9.17) is 9.26 Å². The molecule has 5 rings (SSSR count). The number of rotatable bonds is 8. The second-order valence-electron chi connectivity index (χ2n) is 8.44. The molecule has 0 N–H and O–H groups in total. The normalized spacial score (nSPS) is 11.8. The zero-order valence-electron chi connectivity index (χ0n) is 20.0. The first kappa shape index (κ1) is 25.3. The molecule has 0 bridgehead atoms. The van der Waals surface area contributed by atoms with Crippen molar-refractivity contribution in [3.8, 4) is 39.8 Å². The lowest BCUT2D eigenvalue weighted by atomic mass is 10.0. The molecular formula is C26H20F5N5O2. The fourth-order valence-corrected chi connectivity index (χ4v) is 3.85. The van der Waals surface area contributed by atoms with Gasteiger partial charge in [-0.25, -0.2) is 18.7 Å². The number of alkyl halides is 3. The van der Waals surface area contributed by atoms with E-state index in [-0.39, 0.29) is 41.4 Å². The Morgan fingerprint density at radius 2 is 1.79 bits per heavy atom. The molecule has 0 fully saturated rings. The van der Waals surface area contributed by atoms with Crippen molar-refractivity contribution < 1.29 is 31.2 Å². The number of benzene rings is 2. The van der Waals surface area contributed by atoms with Crippen molar-refractivity contribution in [3.63, 3.8) is 0 Å². The maximum absolute atomic E-state index is 14.1. The number of ether oxygens (including phenoxy) is 1. The van der Waals surface area contributed by atoms with Crippen LogP contribution < -0.4 is 4.74 Å². The van der Waals surface area contributed by atoms with Crippen LogP contribution in [0.25, 0.3) is 34.0 Å². The summed E-state index contributed by atoms with van der Waals surface area (Å²) in [5.74, 6) is -1.53. The van der Waals surface area contributed by atoms with Crippen LogP contribution in [0.4, 0.5) is 22.0 Å². The van der Waals surface area contributed by atoms with Crippen LogP contribution in [0.3, 0.4) is 0 Å². The van der Waals surface area contributed by atoms with Gasteiger partial charge in [0.15, 0.2) is 17.5 Å². The van der Waals surface area contributed by atoms with Crippen LogP contribution in [0, 0.1) is 11.6 Å². The van der Waals surface area contributed by atoms with Gasteiger partial charge in [-0.3, -0.25) is 4.68 Å². The first-order valence-electron chi connectivity index (χ1n) is 11.7. The van der Waals surface area contributed by atoms with E-state index in [2.05, 4.69) is 20.2 Å². The largest absolute Gasteiger partial charge is 0.494 e. The van der Waals surface area contributed by atoms with Crippen molar-refractivity contribution >= 4 is 0 Å². The molecule has 0 aliphatic carbocycles. The summed E-state index contributed by atoms with van der Waals surface area (Å²) in [6.45, 7) is 2.46. The molecule has 196 valence electrons. The SMILES string of the molecule is CCCOc1ccc(-c2cc(CCn3cc4nc(-c5cccc(F)c5F)nc-4cn3)on2)c(C(F)(F)F)c1. The van der Waals surface area contributed by atoms with Crippen molar-refractivity contribution in [1.82, 2.24) is 24.9 Å². The van der Waals surface area contributed by atoms with E-state index in [9.17, 15) is 22.0 Å². The molecule has 2 aromatic carbocycles. The Morgan fingerprint density at radius 1 is 0.974 bits per heavy atom. The number of aryl methyl sites for hydroxylation is 2. The Kier molecular flexibility index (Phi) is 6.79. The smallest absolute Gasteiger partial charge is 0.417 e.